The minimum Gasteiger partial charge on any atom is -0.393 e. The molecule has 1 aromatic heterocycles. The molecule has 0 saturated heterocycles. The molecule has 1 aliphatic rings. The van der Waals surface area contributed by atoms with Crippen molar-refractivity contribution in [3.05, 3.63) is 53.7 Å². The van der Waals surface area contributed by atoms with E-state index in [1.54, 1.807) is 6.20 Å². The molecule has 1 fully saturated rings. The fraction of sp³-hybridized carbons (Fsp3) is 0.400. The number of pyridine rings is 1. The SMILES string of the molecule is Cc1c(C(=O)NCC2CCCC(O)C2)cccc1-c1ccccn1. The van der Waals surface area contributed by atoms with E-state index >= 15 is 0 Å². The average molecular weight is 324 g/mol. The zero-order valence-electron chi connectivity index (χ0n) is 14.0. The van der Waals surface area contributed by atoms with Crippen LogP contribution in [0.15, 0.2) is 42.6 Å². The Morgan fingerprint density at radius 1 is 1.25 bits per heavy atom. The molecule has 0 bridgehead atoms. The molecule has 3 rings (SSSR count). The number of amides is 1. The molecule has 2 unspecified atom stereocenters. The highest BCUT2D eigenvalue weighted by Gasteiger charge is 2.21. The first-order valence-corrected chi connectivity index (χ1v) is 8.62. The largest absolute Gasteiger partial charge is 0.393 e. The Morgan fingerprint density at radius 3 is 2.88 bits per heavy atom. The molecular weight excluding hydrogens is 300 g/mol. The van der Waals surface area contributed by atoms with Gasteiger partial charge in [0, 0.05) is 23.9 Å². The van der Waals surface area contributed by atoms with Crippen molar-refractivity contribution >= 4 is 5.91 Å². The van der Waals surface area contributed by atoms with Crippen LogP contribution in [0.2, 0.25) is 0 Å². The molecular formula is C20H24N2O2. The Labute approximate surface area is 142 Å². The van der Waals surface area contributed by atoms with Crippen LogP contribution >= 0.6 is 0 Å². The lowest BCUT2D eigenvalue weighted by Crippen LogP contribution is -2.33. The number of aromatic nitrogens is 1. The van der Waals surface area contributed by atoms with Gasteiger partial charge in [-0.2, -0.15) is 0 Å². The van der Waals surface area contributed by atoms with Gasteiger partial charge in [0.15, 0.2) is 0 Å². The van der Waals surface area contributed by atoms with Crippen LogP contribution in [0, 0.1) is 12.8 Å². The number of aliphatic hydroxyl groups excluding tert-OH is 1. The second kappa shape index (κ2) is 7.58. The maximum atomic E-state index is 12.6. The van der Waals surface area contributed by atoms with Crippen molar-refractivity contribution in [2.24, 2.45) is 5.92 Å². The third kappa shape index (κ3) is 3.82. The van der Waals surface area contributed by atoms with Gasteiger partial charge in [-0.05, 0) is 55.9 Å². The van der Waals surface area contributed by atoms with Gasteiger partial charge >= 0.3 is 0 Å². The summed E-state index contributed by atoms with van der Waals surface area (Å²) in [4.78, 5) is 17.0. The van der Waals surface area contributed by atoms with Crippen LogP contribution in [0.5, 0.6) is 0 Å². The van der Waals surface area contributed by atoms with Gasteiger partial charge in [0.25, 0.3) is 5.91 Å². The number of hydrogen-bond donors (Lipinski definition) is 2. The fourth-order valence-corrected chi connectivity index (χ4v) is 3.46. The second-order valence-corrected chi connectivity index (χ2v) is 6.59. The molecule has 126 valence electrons. The number of rotatable bonds is 4. The van der Waals surface area contributed by atoms with Gasteiger partial charge in [0.05, 0.1) is 11.8 Å². The van der Waals surface area contributed by atoms with E-state index in [4.69, 9.17) is 0 Å². The Hall–Kier alpha value is -2.20. The topological polar surface area (TPSA) is 62.2 Å². The number of benzene rings is 1. The van der Waals surface area contributed by atoms with Gasteiger partial charge in [-0.1, -0.05) is 24.6 Å². The van der Waals surface area contributed by atoms with Crippen molar-refractivity contribution < 1.29 is 9.90 Å². The molecule has 0 aliphatic heterocycles. The summed E-state index contributed by atoms with van der Waals surface area (Å²) in [6.45, 7) is 2.59. The predicted octanol–water partition coefficient (Wildman–Crippen LogP) is 3.34. The van der Waals surface area contributed by atoms with E-state index in [0.717, 1.165) is 42.5 Å². The van der Waals surface area contributed by atoms with Gasteiger partial charge in [0.1, 0.15) is 0 Å². The number of carbonyl (C=O) groups excluding carboxylic acids is 1. The molecule has 2 aromatic rings. The minimum absolute atomic E-state index is 0.0506. The Bertz CT molecular complexity index is 700. The molecule has 4 nitrogen and oxygen atoms in total. The summed E-state index contributed by atoms with van der Waals surface area (Å²) in [5.41, 5.74) is 3.49. The van der Waals surface area contributed by atoms with Crippen LogP contribution in [-0.2, 0) is 0 Å². The highest BCUT2D eigenvalue weighted by atomic mass is 16.3. The maximum Gasteiger partial charge on any atom is 0.251 e. The molecule has 1 saturated carbocycles. The number of aliphatic hydroxyl groups is 1. The van der Waals surface area contributed by atoms with Crippen molar-refractivity contribution in [3.8, 4) is 11.3 Å². The average Bonchev–Trinajstić information content (AvgIpc) is 2.61. The first-order valence-electron chi connectivity index (χ1n) is 8.62. The highest BCUT2D eigenvalue weighted by Crippen LogP contribution is 2.25. The van der Waals surface area contributed by atoms with Gasteiger partial charge in [-0.25, -0.2) is 0 Å². The molecule has 0 radical (unpaired) electrons. The molecule has 1 amide bonds. The Balaban J connectivity index is 1.71. The van der Waals surface area contributed by atoms with Gasteiger partial charge in [-0.15, -0.1) is 0 Å². The van der Waals surface area contributed by atoms with E-state index in [-0.39, 0.29) is 12.0 Å². The smallest absolute Gasteiger partial charge is 0.251 e. The summed E-state index contributed by atoms with van der Waals surface area (Å²) in [6, 6.07) is 11.5. The van der Waals surface area contributed by atoms with Gasteiger partial charge < -0.3 is 10.4 Å². The number of carbonyl (C=O) groups is 1. The summed E-state index contributed by atoms with van der Waals surface area (Å²) in [7, 11) is 0. The van der Waals surface area contributed by atoms with E-state index in [2.05, 4.69) is 10.3 Å². The lowest BCUT2D eigenvalue weighted by Gasteiger charge is -2.26. The van der Waals surface area contributed by atoms with Crippen molar-refractivity contribution in [1.82, 2.24) is 10.3 Å². The molecule has 4 heteroatoms. The molecule has 1 heterocycles. The van der Waals surface area contributed by atoms with Crippen molar-refractivity contribution in [2.75, 3.05) is 6.54 Å². The zero-order chi connectivity index (χ0) is 16.9. The lowest BCUT2D eigenvalue weighted by molar-refractivity contribution is 0.0873. The highest BCUT2D eigenvalue weighted by molar-refractivity contribution is 5.97. The van der Waals surface area contributed by atoms with E-state index in [1.165, 1.54) is 0 Å². The lowest BCUT2D eigenvalue weighted by atomic mass is 9.87. The number of nitrogens with one attached hydrogen (secondary N) is 1. The van der Waals surface area contributed by atoms with Crippen LogP contribution in [-0.4, -0.2) is 28.6 Å². The second-order valence-electron chi connectivity index (χ2n) is 6.59. The number of hydrogen-bond acceptors (Lipinski definition) is 3. The molecule has 24 heavy (non-hydrogen) atoms. The Kier molecular flexibility index (Phi) is 5.26. The summed E-state index contributed by atoms with van der Waals surface area (Å²) < 4.78 is 0. The minimum atomic E-state index is -0.213. The maximum absolute atomic E-state index is 12.6. The summed E-state index contributed by atoms with van der Waals surface area (Å²) in [6.07, 6.45) is 5.33. The molecule has 0 spiro atoms. The quantitative estimate of drug-likeness (QED) is 0.907. The van der Waals surface area contributed by atoms with Crippen molar-refractivity contribution in [1.29, 1.82) is 0 Å². The van der Waals surface area contributed by atoms with Crippen LogP contribution in [0.1, 0.15) is 41.6 Å². The van der Waals surface area contributed by atoms with Crippen molar-refractivity contribution in [2.45, 2.75) is 38.7 Å². The first kappa shape index (κ1) is 16.7. The standard InChI is InChI=1S/C20H24N2O2/c1-14-17(19-10-2-3-11-21-19)8-5-9-18(14)20(24)22-13-15-6-4-7-16(23)12-15/h2-3,5,8-11,15-16,23H,4,6-7,12-13H2,1H3,(H,22,24). The monoisotopic (exact) mass is 324 g/mol. The van der Waals surface area contributed by atoms with E-state index in [1.807, 2.05) is 43.3 Å². The van der Waals surface area contributed by atoms with Crippen molar-refractivity contribution in [3.63, 3.8) is 0 Å². The van der Waals surface area contributed by atoms with Gasteiger partial charge in [0.2, 0.25) is 0 Å². The zero-order valence-corrected chi connectivity index (χ0v) is 14.0. The van der Waals surface area contributed by atoms with Crippen LogP contribution in [0.3, 0.4) is 0 Å². The summed E-state index contributed by atoms with van der Waals surface area (Å²) >= 11 is 0. The van der Waals surface area contributed by atoms with E-state index in [0.29, 0.717) is 18.0 Å². The molecule has 2 atom stereocenters. The molecule has 1 aromatic carbocycles. The van der Waals surface area contributed by atoms with Crippen LogP contribution < -0.4 is 5.32 Å². The van der Waals surface area contributed by atoms with E-state index < -0.39 is 0 Å². The van der Waals surface area contributed by atoms with Gasteiger partial charge in [-0.3, -0.25) is 9.78 Å². The normalized spacial score (nSPS) is 20.6. The fourth-order valence-electron chi connectivity index (χ4n) is 3.46. The first-order chi connectivity index (χ1) is 11.6. The molecule has 2 N–H and O–H groups in total. The third-order valence-electron chi connectivity index (χ3n) is 4.83. The van der Waals surface area contributed by atoms with Crippen LogP contribution in [0.4, 0.5) is 0 Å². The third-order valence-corrected chi connectivity index (χ3v) is 4.83. The summed E-state index contributed by atoms with van der Waals surface area (Å²) in [5, 5.41) is 12.8. The predicted molar refractivity (Wildman–Crippen MR) is 94.7 cm³/mol. The molecule has 1 aliphatic carbocycles. The summed E-state index contributed by atoms with van der Waals surface area (Å²) in [5.74, 6) is 0.322. The van der Waals surface area contributed by atoms with Crippen LogP contribution in [0.25, 0.3) is 11.3 Å². The van der Waals surface area contributed by atoms with E-state index in [9.17, 15) is 9.90 Å². The number of nitrogens with zero attached hydrogens (tertiary/aromatic N) is 1. The Morgan fingerprint density at radius 2 is 2.12 bits per heavy atom.